The van der Waals surface area contributed by atoms with E-state index in [2.05, 4.69) is 5.32 Å². The average Bonchev–Trinajstić information content (AvgIpc) is 2.81. The zero-order chi connectivity index (χ0) is 25.3. The molecule has 0 bridgehead atoms. The molecular weight excluding hydrogens is 457 g/mol. The largest absolute Gasteiger partial charge is 0.354 e. The van der Waals surface area contributed by atoms with E-state index in [1.165, 1.54) is 34.5 Å². The Labute approximate surface area is 202 Å². The molecule has 186 valence electrons. The molecule has 0 heterocycles. The van der Waals surface area contributed by atoms with Crippen LogP contribution in [-0.2, 0) is 26.2 Å². The van der Waals surface area contributed by atoms with Gasteiger partial charge in [-0.2, -0.15) is 0 Å². The first-order valence-corrected chi connectivity index (χ1v) is 12.8. The first-order valence-electron chi connectivity index (χ1n) is 11.4. The maximum Gasteiger partial charge on any atom is 0.242 e. The SMILES string of the molecule is CC(C)CNC(=O)[C@H](C)N(Cc1ccccc1F)C(=O)CCCN(C)S(=O)(=O)c1ccccc1. The Hall–Kier alpha value is -2.78. The van der Waals surface area contributed by atoms with Crippen LogP contribution in [0.25, 0.3) is 0 Å². The molecule has 0 fully saturated rings. The van der Waals surface area contributed by atoms with Crippen molar-refractivity contribution in [1.82, 2.24) is 14.5 Å². The molecule has 0 aliphatic heterocycles. The molecule has 0 radical (unpaired) electrons. The zero-order valence-corrected chi connectivity index (χ0v) is 21.0. The van der Waals surface area contributed by atoms with Crippen LogP contribution in [0.5, 0.6) is 0 Å². The Bertz CT molecular complexity index is 1060. The van der Waals surface area contributed by atoms with Crippen LogP contribution < -0.4 is 5.32 Å². The van der Waals surface area contributed by atoms with E-state index in [1.54, 1.807) is 43.3 Å². The quantitative estimate of drug-likeness (QED) is 0.493. The van der Waals surface area contributed by atoms with Gasteiger partial charge in [-0.3, -0.25) is 9.59 Å². The number of carbonyl (C=O) groups is 2. The minimum Gasteiger partial charge on any atom is -0.354 e. The van der Waals surface area contributed by atoms with Crippen molar-refractivity contribution < 1.29 is 22.4 Å². The molecule has 1 atom stereocenters. The number of nitrogens with one attached hydrogen (secondary N) is 1. The molecular formula is C25H34FN3O4S. The van der Waals surface area contributed by atoms with Crippen LogP contribution in [-0.4, -0.2) is 55.6 Å². The van der Waals surface area contributed by atoms with Gasteiger partial charge in [0.1, 0.15) is 11.9 Å². The van der Waals surface area contributed by atoms with Crippen molar-refractivity contribution >= 4 is 21.8 Å². The van der Waals surface area contributed by atoms with Gasteiger partial charge in [0.15, 0.2) is 0 Å². The number of nitrogens with zero attached hydrogens (tertiary/aromatic N) is 2. The van der Waals surface area contributed by atoms with E-state index in [1.807, 2.05) is 13.8 Å². The number of hydrogen-bond acceptors (Lipinski definition) is 4. The van der Waals surface area contributed by atoms with Gasteiger partial charge in [0.05, 0.1) is 4.90 Å². The molecule has 0 spiro atoms. The fourth-order valence-corrected chi connectivity index (χ4v) is 4.56. The molecule has 0 aliphatic rings. The highest BCUT2D eigenvalue weighted by Gasteiger charge is 2.27. The number of amides is 2. The van der Waals surface area contributed by atoms with Gasteiger partial charge in [-0.1, -0.05) is 50.2 Å². The van der Waals surface area contributed by atoms with Crippen LogP contribution in [0.1, 0.15) is 39.2 Å². The highest BCUT2D eigenvalue weighted by molar-refractivity contribution is 7.89. The Kier molecular flexibility index (Phi) is 10.2. The minimum absolute atomic E-state index is 0.0188. The van der Waals surface area contributed by atoms with Crippen LogP contribution in [0, 0.1) is 11.7 Å². The van der Waals surface area contributed by atoms with Gasteiger partial charge >= 0.3 is 0 Å². The molecule has 0 aliphatic carbocycles. The normalized spacial score (nSPS) is 12.6. The van der Waals surface area contributed by atoms with Crippen LogP contribution >= 0.6 is 0 Å². The molecule has 0 aromatic heterocycles. The lowest BCUT2D eigenvalue weighted by Gasteiger charge is -2.29. The van der Waals surface area contributed by atoms with Crippen molar-refractivity contribution in [1.29, 1.82) is 0 Å². The molecule has 2 amide bonds. The average molecular weight is 492 g/mol. The standard InChI is InChI=1S/C25H34FN3O4S/c1-19(2)17-27-25(31)20(3)29(18-21-11-8-9-14-23(21)26)24(30)15-10-16-28(4)34(32,33)22-12-6-5-7-13-22/h5-9,11-14,19-20H,10,15-18H2,1-4H3,(H,27,31)/t20-/m0/s1. The summed E-state index contributed by atoms with van der Waals surface area (Å²) in [5.41, 5.74) is 0.308. The van der Waals surface area contributed by atoms with Gasteiger partial charge in [-0.15, -0.1) is 0 Å². The Morgan fingerprint density at radius 2 is 1.62 bits per heavy atom. The van der Waals surface area contributed by atoms with Gasteiger partial charge in [0, 0.05) is 38.7 Å². The zero-order valence-electron chi connectivity index (χ0n) is 20.2. The van der Waals surface area contributed by atoms with Crippen LogP contribution in [0.2, 0.25) is 0 Å². The molecule has 1 N–H and O–H groups in total. The Morgan fingerprint density at radius 1 is 1.00 bits per heavy atom. The number of carbonyl (C=O) groups excluding carboxylic acids is 2. The molecule has 2 aromatic rings. The summed E-state index contributed by atoms with van der Waals surface area (Å²) in [5.74, 6) is -0.874. The van der Waals surface area contributed by atoms with Crippen molar-refractivity contribution in [3.8, 4) is 0 Å². The van der Waals surface area contributed by atoms with Crippen molar-refractivity contribution in [3.63, 3.8) is 0 Å². The summed E-state index contributed by atoms with van der Waals surface area (Å²) < 4.78 is 40.8. The van der Waals surface area contributed by atoms with Gasteiger partial charge in [-0.25, -0.2) is 17.1 Å². The van der Waals surface area contributed by atoms with Crippen molar-refractivity contribution in [3.05, 3.63) is 66.0 Å². The topological polar surface area (TPSA) is 86.8 Å². The summed E-state index contributed by atoms with van der Waals surface area (Å²) in [6, 6.07) is 13.4. The predicted octanol–water partition coefficient (Wildman–Crippen LogP) is 3.42. The summed E-state index contributed by atoms with van der Waals surface area (Å²) >= 11 is 0. The van der Waals surface area contributed by atoms with Crippen LogP contribution in [0.3, 0.4) is 0 Å². The Morgan fingerprint density at radius 3 is 2.24 bits per heavy atom. The lowest BCUT2D eigenvalue weighted by atomic mass is 10.1. The van der Waals surface area contributed by atoms with Crippen molar-refractivity contribution in [2.45, 2.75) is 51.1 Å². The van der Waals surface area contributed by atoms with E-state index >= 15 is 0 Å². The maximum absolute atomic E-state index is 14.3. The highest BCUT2D eigenvalue weighted by Crippen LogP contribution is 2.17. The molecule has 34 heavy (non-hydrogen) atoms. The minimum atomic E-state index is -3.66. The Balaban J connectivity index is 2.08. The second-order valence-electron chi connectivity index (χ2n) is 8.67. The lowest BCUT2D eigenvalue weighted by molar-refractivity contribution is -0.140. The third-order valence-corrected chi connectivity index (χ3v) is 7.34. The van der Waals surface area contributed by atoms with Crippen molar-refractivity contribution in [2.75, 3.05) is 20.1 Å². The second-order valence-corrected chi connectivity index (χ2v) is 10.7. The smallest absolute Gasteiger partial charge is 0.242 e. The number of hydrogen-bond donors (Lipinski definition) is 1. The first kappa shape index (κ1) is 27.5. The first-order chi connectivity index (χ1) is 16.0. The van der Waals surface area contributed by atoms with Gasteiger partial charge < -0.3 is 10.2 Å². The monoisotopic (exact) mass is 491 g/mol. The lowest BCUT2D eigenvalue weighted by Crippen LogP contribution is -2.48. The molecule has 7 nitrogen and oxygen atoms in total. The van der Waals surface area contributed by atoms with E-state index in [4.69, 9.17) is 0 Å². The fourth-order valence-electron chi connectivity index (χ4n) is 3.33. The van der Waals surface area contributed by atoms with E-state index in [-0.39, 0.29) is 48.6 Å². The van der Waals surface area contributed by atoms with Gasteiger partial charge in [0.25, 0.3) is 0 Å². The van der Waals surface area contributed by atoms with Gasteiger partial charge in [-0.05, 0) is 37.5 Å². The fraction of sp³-hybridized carbons (Fsp3) is 0.440. The van der Waals surface area contributed by atoms with Crippen molar-refractivity contribution in [2.24, 2.45) is 5.92 Å². The van der Waals surface area contributed by atoms with E-state index in [9.17, 15) is 22.4 Å². The number of benzene rings is 2. The summed E-state index contributed by atoms with van der Waals surface area (Å²) in [6.45, 7) is 6.08. The number of sulfonamides is 1. The molecule has 0 saturated heterocycles. The summed E-state index contributed by atoms with van der Waals surface area (Å²) in [6.07, 6.45) is 0.278. The summed E-state index contributed by atoms with van der Waals surface area (Å²) in [5, 5.41) is 2.82. The molecule has 2 rings (SSSR count). The summed E-state index contributed by atoms with van der Waals surface area (Å²) in [7, 11) is -2.20. The third kappa shape index (κ3) is 7.63. The van der Waals surface area contributed by atoms with E-state index < -0.39 is 21.9 Å². The molecule has 2 aromatic carbocycles. The number of rotatable bonds is 12. The second kappa shape index (κ2) is 12.6. The summed E-state index contributed by atoms with van der Waals surface area (Å²) in [4.78, 5) is 27.3. The van der Waals surface area contributed by atoms with E-state index in [0.29, 0.717) is 12.1 Å². The maximum atomic E-state index is 14.3. The molecule has 0 unspecified atom stereocenters. The van der Waals surface area contributed by atoms with Crippen LogP contribution in [0.4, 0.5) is 4.39 Å². The molecule has 0 saturated carbocycles. The van der Waals surface area contributed by atoms with Gasteiger partial charge in [0.2, 0.25) is 21.8 Å². The number of halogens is 1. The predicted molar refractivity (Wildman–Crippen MR) is 130 cm³/mol. The van der Waals surface area contributed by atoms with Crippen LogP contribution in [0.15, 0.2) is 59.5 Å². The molecule has 9 heteroatoms. The van der Waals surface area contributed by atoms with E-state index in [0.717, 1.165) is 0 Å². The highest BCUT2D eigenvalue weighted by atomic mass is 32.2. The third-order valence-electron chi connectivity index (χ3n) is 5.47.